The first-order valence-corrected chi connectivity index (χ1v) is 6.17. The Balaban J connectivity index is 3.01. The second-order valence-corrected chi connectivity index (χ2v) is 5.33. The molecule has 0 aliphatic rings. The highest BCUT2D eigenvalue weighted by Gasteiger charge is 2.23. The van der Waals surface area contributed by atoms with Crippen LogP contribution in [0.4, 0.5) is 5.69 Å². The quantitative estimate of drug-likeness (QED) is 0.721. The molecule has 0 unspecified atom stereocenters. The van der Waals surface area contributed by atoms with Crippen molar-refractivity contribution < 1.29 is 0 Å². The molecule has 1 aromatic carbocycles. The van der Waals surface area contributed by atoms with Crippen molar-refractivity contribution in [2.24, 2.45) is 0 Å². The van der Waals surface area contributed by atoms with E-state index in [1.165, 1.54) is 30.5 Å². The highest BCUT2D eigenvalue weighted by Crippen LogP contribution is 2.34. The van der Waals surface area contributed by atoms with Crippen molar-refractivity contribution in [3.05, 3.63) is 29.8 Å². The number of nitrogens with zero attached hydrogens (tertiary/aromatic N) is 1. The Hall–Kier alpha value is -0.980. The van der Waals surface area contributed by atoms with Gasteiger partial charge in [0.15, 0.2) is 0 Å². The summed E-state index contributed by atoms with van der Waals surface area (Å²) in [4.78, 5) is 2.18. The summed E-state index contributed by atoms with van der Waals surface area (Å²) in [5.41, 5.74) is 2.98. The molecule has 0 heterocycles. The molecule has 0 spiro atoms. The average Bonchev–Trinajstić information content (AvgIpc) is 2.26. The van der Waals surface area contributed by atoms with Crippen LogP contribution in [0.25, 0.3) is 0 Å². The van der Waals surface area contributed by atoms with Gasteiger partial charge in [0, 0.05) is 19.8 Å². The van der Waals surface area contributed by atoms with Crippen molar-refractivity contribution in [2.75, 3.05) is 19.0 Å². The molecule has 0 saturated carbocycles. The lowest BCUT2D eigenvalue weighted by molar-refractivity contribution is 0.458. The first-order valence-electron chi connectivity index (χ1n) is 6.17. The van der Waals surface area contributed by atoms with E-state index in [0.29, 0.717) is 0 Å². The zero-order valence-corrected chi connectivity index (χ0v) is 11.3. The zero-order valence-electron chi connectivity index (χ0n) is 11.3. The van der Waals surface area contributed by atoms with Crippen molar-refractivity contribution in [2.45, 2.75) is 45.4 Å². The van der Waals surface area contributed by atoms with Crippen LogP contribution in [0, 0.1) is 6.07 Å². The van der Waals surface area contributed by atoms with Crippen LogP contribution in [0.15, 0.2) is 18.2 Å². The number of hydrogen-bond acceptors (Lipinski definition) is 1. The Morgan fingerprint density at radius 2 is 2.00 bits per heavy atom. The van der Waals surface area contributed by atoms with Crippen molar-refractivity contribution in [3.63, 3.8) is 0 Å². The lowest BCUT2D eigenvalue weighted by Gasteiger charge is -2.30. The van der Waals surface area contributed by atoms with Gasteiger partial charge in [-0.15, -0.1) is 0 Å². The fourth-order valence-electron chi connectivity index (χ4n) is 2.12. The van der Waals surface area contributed by atoms with Crippen LogP contribution >= 0.6 is 0 Å². The number of benzene rings is 1. The van der Waals surface area contributed by atoms with Crippen molar-refractivity contribution in [1.82, 2.24) is 0 Å². The Morgan fingerprint density at radius 1 is 1.31 bits per heavy atom. The van der Waals surface area contributed by atoms with Crippen LogP contribution in [0.3, 0.4) is 0 Å². The van der Waals surface area contributed by atoms with Gasteiger partial charge >= 0.3 is 0 Å². The molecule has 89 valence electrons. The molecule has 0 aliphatic heterocycles. The van der Waals surface area contributed by atoms with E-state index in [0.717, 1.165) is 0 Å². The number of anilines is 1. The summed E-state index contributed by atoms with van der Waals surface area (Å²) in [6, 6.07) is 9.49. The third-order valence-electron chi connectivity index (χ3n) is 3.21. The first kappa shape index (κ1) is 13.1. The average molecular weight is 218 g/mol. The number of hydrogen-bond donors (Lipinski definition) is 0. The maximum Gasteiger partial charge on any atom is 0.0405 e. The minimum Gasteiger partial charge on any atom is -0.377 e. The summed E-state index contributed by atoms with van der Waals surface area (Å²) < 4.78 is 0. The fourth-order valence-corrected chi connectivity index (χ4v) is 2.12. The van der Waals surface area contributed by atoms with Crippen molar-refractivity contribution in [1.29, 1.82) is 0 Å². The molecule has 0 atom stereocenters. The van der Waals surface area contributed by atoms with Crippen molar-refractivity contribution in [3.8, 4) is 0 Å². The maximum absolute atomic E-state index is 3.17. The topological polar surface area (TPSA) is 3.24 Å². The molecular weight excluding hydrogens is 194 g/mol. The van der Waals surface area contributed by atoms with Crippen LogP contribution in [-0.4, -0.2) is 14.1 Å². The van der Waals surface area contributed by atoms with Gasteiger partial charge in [0.05, 0.1) is 0 Å². The van der Waals surface area contributed by atoms with Crippen LogP contribution < -0.4 is 4.90 Å². The standard InChI is InChI=1S/C15H24N/c1-6-7-12-15(2,3)13-10-8-9-11-14(13)16(4)5/h8,10-11H,6-7,12H2,1-5H3. The van der Waals surface area contributed by atoms with Crippen LogP contribution in [0.5, 0.6) is 0 Å². The summed E-state index contributed by atoms with van der Waals surface area (Å²) in [7, 11) is 4.20. The molecule has 1 heteroatoms. The molecule has 0 N–H and O–H groups in total. The van der Waals surface area contributed by atoms with E-state index in [1.807, 2.05) is 6.07 Å². The van der Waals surface area contributed by atoms with E-state index < -0.39 is 0 Å². The Bertz CT molecular complexity index is 326. The van der Waals surface area contributed by atoms with E-state index >= 15 is 0 Å². The maximum atomic E-state index is 3.17. The second kappa shape index (κ2) is 5.38. The summed E-state index contributed by atoms with van der Waals surface area (Å²) in [6.45, 7) is 6.93. The molecule has 1 radical (unpaired) electrons. The van der Waals surface area contributed by atoms with E-state index in [-0.39, 0.29) is 5.41 Å². The molecule has 0 aliphatic carbocycles. The van der Waals surface area contributed by atoms with Crippen molar-refractivity contribution >= 4 is 5.69 Å². The van der Waals surface area contributed by atoms with Gasteiger partial charge in [-0.2, -0.15) is 0 Å². The molecule has 1 rings (SSSR count). The Morgan fingerprint density at radius 3 is 2.56 bits per heavy atom. The van der Waals surface area contributed by atoms with E-state index in [2.05, 4.69) is 58.0 Å². The third-order valence-corrected chi connectivity index (χ3v) is 3.21. The highest BCUT2D eigenvalue weighted by atomic mass is 15.1. The summed E-state index contributed by atoms with van der Waals surface area (Å²) in [6.07, 6.45) is 3.80. The highest BCUT2D eigenvalue weighted by molar-refractivity contribution is 5.55. The van der Waals surface area contributed by atoms with Crippen LogP contribution in [-0.2, 0) is 5.41 Å². The monoisotopic (exact) mass is 218 g/mol. The predicted octanol–water partition coefficient (Wildman–Crippen LogP) is 4.02. The second-order valence-electron chi connectivity index (χ2n) is 5.33. The summed E-state index contributed by atoms with van der Waals surface area (Å²) in [5, 5.41) is 0. The lowest BCUT2D eigenvalue weighted by Crippen LogP contribution is -2.22. The molecule has 16 heavy (non-hydrogen) atoms. The summed E-state index contributed by atoms with van der Waals surface area (Å²) in [5.74, 6) is 0. The fraction of sp³-hybridized carbons (Fsp3) is 0.600. The van der Waals surface area contributed by atoms with Gasteiger partial charge in [0.25, 0.3) is 0 Å². The van der Waals surface area contributed by atoms with Gasteiger partial charge in [-0.25, -0.2) is 0 Å². The number of rotatable bonds is 5. The van der Waals surface area contributed by atoms with Gasteiger partial charge in [-0.3, -0.25) is 0 Å². The molecule has 0 bridgehead atoms. The van der Waals surface area contributed by atoms with Gasteiger partial charge < -0.3 is 4.90 Å². The summed E-state index contributed by atoms with van der Waals surface area (Å²) >= 11 is 0. The van der Waals surface area contributed by atoms with E-state index in [9.17, 15) is 0 Å². The van der Waals surface area contributed by atoms with E-state index in [4.69, 9.17) is 0 Å². The lowest BCUT2D eigenvalue weighted by atomic mass is 9.79. The molecule has 0 saturated heterocycles. The minimum absolute atomic E-state index is 0.255. The SMILES string of the molecule is CCCCC(C)(C)c1cc[c]cc1N(C)C. The van der Waals surface area contributed by atoms with Gasteiger partial charge in [-0.05, 0) is 29.5 Å². The molecular formula is C15H24N. The molecule has 0 amide bonds. The normalized spacial score (nSPS) is 11.6. The largest absolute Gasteiger partial charge is 0.377 e. The minimum atomic E-state index is 0.255. The molecule has 1 aromatic rings. The molecule has 1 nitrogen and oxygen atoms in total. The third kappa shape index (κ3) is 3.01. The zero-order chi connectivity index (χ0) is 12.2. The molecule has 0 aromatic heterocycles. The first-order chi connectivity index (χ1) is 7.49. The van der Waals surface area contributed by atoms with Gasteiger partial charge in [0.2, 0.25) is 0 Å². The van der Waals surface area contributed by atoms with Gasteiger partial charge in [-0.1, -0.05) is 45.7 Å². The molecule has 0 fully saturated rings. The van der Waals surface area contributed by atoms with Crippen LogP contribution in [0.2, 0.25) is 0 Å². The smallest absolute Gasteiger partial charge is 0.0405 e. The number of unbranched alkanes of at least 4 members (excludes halogenated alkanes) is 1. The Labute approximate surface area is 100 Å². The Kier molecular flexibility index (Phi) is 4.40. The van der Waals surface area contributed by atoms with E-state index in [1.54, 1.807) is 0 Å². The van der Waals surface area contributed by atoms with Crippen LogP contribution in [0.1, 0.15) is 45.6 Å². The van der Waals surface area contributed by atoms with Gasteiger partial charge in [0.1, 0.15) is 0 Å². The predicted molar refractivity (Wildman–Crippen MR) is 72.2 cm³/mol.